The Morgan fingerprint density at radius 3 is 1.76 bits per heavy atom. The van der Waals surface area contributed by atoms with Crippen LogP contribution in [0.3, 0.4) is 0 Å². The molecule has 0 radical (unpaired) electrons. The van der Waals surface area contributed by atoms with Crippen molar-refractivity contribution < 1.29 is 0 Å². The Bertz CT molecular complexity index is 393. The van der Waals surface area contributed by atoms with Crippen LogP contribution in [0.2, 0.25) is 0 Å². The Balaban J connectivity index is 3.16. The summed E-state index contributed by atoms with van der Waals surface area (Å²) in [4.78, 5) is 0. The number of benzene rings is 1. The van der Waals surface area contributed by atoms with E-state index in [1.165, 1.54) is 34.2 Å². The van der Waals surface area contributed by atoms with Gasteiger partial charge in [0.15, 0.2) is 0 Å². The van der Waals surface area contributed by atoms with Crippen LogP contribution in [0.1, 0.15) is 55.0 Å². The fourth-order valence-electron chi connectivity index (χ4n) is 2.24. The molecule has 1 rings (SSSR count). The smallest absolute Gasteiger partial charge is 0.0381 e. The van der Waals surface area contributed by atoms with Crippen LogP contribution in [0.25, 0.3) is 0 Å². The van der Waals surface area contributed by atoms with Gasteiger partial charge in [-0.15, -0.1) is 0 Å². The molecule has 1 aromatic carbocycles. The zero-order chi connectivity index (χ0) is 13.4. The van der Waals surface area contributed by atoms with Crippen molar-refractivity contribution in [3.8, 4) is 0 Å². The molecular formula is C16H27N. The second-order valence-corrected chi connectivity index (χ2v) is 6.45. The fourth-order valence-corrected chi connectivity index (χ4v) is 2.24. The van der Waals surface area contributed by atoms with E-state index in [0.29, 0.717) is 5.41 Å². The molecule has 0 fully saturated rings. The van der Waals surface area contributed by atoms with E-state index < -0.39 is 0 Å². The maximum absolute atomic E-state index is 6.28. The van der Waals surface area contributed by atoms with Crippen LogP contribution >= 0.6 is 0 Å². The van der Waals surface area contributed by atoms with Crippen LogP contribution in [0.4, 0.5) is 5.69 Å². The minimum absolute atomic E-state index is 0.367. The van der Waals surface area contributed by atoms with E-state index in [2.05, 4.69) is 48.5 Å². The highest BCUT2D eigenvalue weighted by Gasteiger charge is 2.16. The molecular weight excluding hydrogens is 206 g/mol. The van der Waals surface area contributed by atoms with Gasteiger partial charge in [-0.1, -0.05) is 20.8 Å². The first kappa shape index (κ1) is 14.1. The van der Waals surface area contributed by atoms with Crippen LogP contribution in [-0.4, -0.2) is 0 Å². The molecule has 0 spiro atoms. The predicted octanol–water partition coefficient (Wildman–Crippen LogP) is 4.48. The van der Waals surface area contributed by atoms with E-state index in [0.717, 1.165) is 12.1 Å². The van der Waals surface area contributed by atoms with Crippen molar-refractivity contribution in [2.24, 2.45) is 5.41 Å². The molecule has 96 valence electrons. The van der Waals surface area contributed by atoms with Crippen molar-refractivity contribution in [3.05, 3.63) is 27.8 Å². The van der Waals surface area contributed by atoms with Gasteiger partial charge in [-0.05, 0) is 73.8 Å². The van der Waals surface area contributed by atoms with E-state index in [-0.39, 0.29) is 0 Å². The van der Waals surface area contributed by atoms with Crippen molar-refractivity contribution in [2.45, 2.75) is 61.3 Å². The maximum atomic E-state index is 6.28. The van der Waals surface area contributed by atoms with Crippen LogP contribution in [0.15, 0.2) is 0 Å². The summed E-state index contributed by atoms with van der Waals surface area (Å²) < 4.78 is 0. The zero-order valence-electron chi connectivity index (χ0n) is 12.5. The average Bonchev–Trinajstić information content (AvgIpc) is 2.22. The molecule has 0 saturated heterocycles. The highest BCUT2D eigenvalue weighted by atomic mass is 14.6. The lowest BCUT2D eigenvalue weighted by molar-refractivity contribution is 0.378. The highest BCUT2D eigenvalue weighted by molar-refractivity contribution is 5.62. The summed E-state index contributed by atoms with van der Waals surface area (Å²) in [5.41, 5.74) is 14.4. The van der Waals surface area contributed by atoms with Crippen molar-refractivity contribution in [2.75, 3.05) is 5.73 Å². The summed E-state index contributed by atoms with van der Waals surface area (Å²) in [5.74, 6) is 0. The molecule has 2 N–H and O–H groups in total. The van der Waals surface area contributed by atoms with Crippen LogP contribution < -0.4 is 5.73 Å². The highest BCUT2D eigenvalue weighted by Crippen LogP contribution is 2.31. The lowest BCUT2D eigenvalue weighted by atomic mass is 9.84. The summed E-state index contributed by atoms with van der Waals surface area (Å²) in [7, 11) is 0. The average molecular weight is 233 g/mol. The van der Waals surface area contributed by atoms with Gasteiger partial charge in [-0.2, -0.15) is 0 Å². The van der Waals surface area contributed by atoms with E-state index >= 15 is 0 Å². The minimum Gasteiger partial charge on any atom is -0.398 e. The normalized spacial score (nSPS) is 11.9. The molecule has 1 aromatic rings. The summed E-state index contributed by atoms with van der Waals surface area (Å²) in [6.07, 6.45) is 2.27. The molecule has 1 nitrogen and oxygen atoms in total. The largest absolute Gasteiger partial charge is 0.398 e. The molecule has 1 heteroatoms. The lowest BCUT2D eigenvalue weighted by Gasteiger charge is -2.22. The Morgan fingerprint density at radius 2 is 1.29 bits per heavy atom. The van der Waals surface area contributed by atoms with Gasteiger partial charge in [-0.3, -0.25) is 0 Å². The van der Waals surface area contributed by atoms with E-state index in [1.54, 1.807) is 0 Å². The third-order valence-corrected chi connectivity index (χ3v) is 3.99. The molecule has 17 heavy (non-hydrogen) atoms. The van der Waals surface area contributed by atoms with Gasteiger partial charge >= 0.3 is 0 Å². The summed E-state index contributed by atoms with van der Waals surface area (Å²) in [5, 5.41) is 0. The Labute approximate surface area is 106 Å². The molecule has 0 aliphatic heterocycles. The monoisotopic (exact) mass is 233 g/mol. The first-order valence-electron chi connectivity index (χ1n) is 6.50. The first-order chi connectivity index (χ1) is 7.65. The molecule has 0 aliphatic rings. The second kappa shape index (κ2) is 4.72. The second-order valence-electron chi connectivity index (χ2n) is 6.45. The number of nitrogens with two attached hydrogens (primary N) is 1. The molecule has 0 bridgehead atoms. The van der Waals surface area contributed by atoms with Crippen molar-refractivity contribution in [1.82, 2.24) is 0 Å². The van der Waals surface area contributed by atoms with Gasteiger partial charge in [0.2, 0.25) is 0 Å². The molecule has 0 aromatic heterocycles. The van der Waals surface area contributed by atoms with Gasteiger partial charge in [0.1, 0.15) is 0 Å². The Morgan fingerprint density at radius 1 is 0.824 bits per heavy atom. The molecule has 0 atom stereocenters. The quantitative estimate of drug-likeness (QED) is 0.749. The molecule has 0 aliphatic carbocycles. The number of anilines is 1. The third kappa shape index (κ3) is 3.02. The van der Waals surface area contributed by atoms with E-state index in [9.17, 15) is 0 Å². The van der Waals surface area contributed by atoms with E-state index in [4.69, 9.17) is 5.73 Å². The Kier molecular flexibility index (Phi) is 3.91. The number of rotatable bonds is 2. The van der Waals surface area contributed by atoms with Gasteiger partial charge in [0, 0.05) is 5.69 Å². The van der Waals surface area contributed by atoms with Crippen molar-refractivity contribution >= 4 is 5.69 Å². The van der Waals surface area contributed by atoms with Crippen molar-refractivity contribution in [3.63, 3.8) is 0 Å². The number of hydrogen-bond donors (Lipinski definition) is 1. The van der Waals surface area contributed by atoms with Crippen molar-refractivity contribution in [1.29, 1.82) is 0 Å². The SMILES string of the molecule is Cc1c(C)c(C)c(CCC(C)(C)C)c(N)c1C. The molecule has 0 unspecified atom stereocenters. The van der Waals surface area contributed by atoms with Crippen LogP contribution in [0, 0.1) is 33.1 Å². The molecule has 0 amide bonds. The fraction of sp³-hybridized carbons (Fsp3) is 0.625. The number of hydrogen-bond acceptors (Lipinski definition) is 1. The lowest BCUT2D eigenvalue weighted by Crippen LogP contribution is -2.10. The Hall–Kier alpha value is -0.980. The summed E-state index contributed by atoms with van der Waals surface area (Å²) in [6.45, 7) is 15.6. The van der Waals surface area contributed by atoms with Gasteiger partial charge < -0.3 is 5.73 Å². The molecule has 0 heterocycles. The van der Waals surface area contributed by atoms with Crippen LogP contribution in [-0.2, 0) is 6.42 Å². The standard InChI is InChI=1S/C16H27N/c1-10-11(2)13(4)15(17)14(12(10)3)8-9-16(5,6)7/h8-9,17H2,1-7H3. The summed E-state index contributed by atoms with van der Waals surface area (Å²) in [6, 6.07) is 0. The summed E-state index contributed by atoms with van der Waals surface area (Å²) >= 11 is 0. The zero-order valence-corrected chi connectivity index (χ0v) is 12.5. The van der Waals surface area contributed by atoms with E-state index in [1.807, 2.05) is 0 Å². The number of nitrogen functional groups attached to an aromatic ring is 1. The predicted molar refractivity (Wildman–Crippen MR) is 77.6 cm³/mol. The first-order valence-corrected chi connectivity index (χ1v) is 6.50. The topological polar surface area (TPSA) is 26.0 Å². The maximum Gasteiger partial charge on any atom is 0.0381 e. The van der Waals surface area contributed by atoms with Gasteiger partial charge in [0.25, 0.3) is 0 Å². The van der Waals surface area contributed by atoms with Crippen LogP contribution in [0.5, 0.6) is 0 Å². The third-order valence-electron chi connectivity index (χ3n) is 3.99. The van der Waals surface area contributed by atoms with Gasteiger partial charge in [0.05, 0.1) is 0 Å². The molecule has 0 saturated carbocycles. The minimum atomic E-state index is 0.367. The van der Waals surface area contributed by atoms with Gasteiger partial charge in [-0.25, -0.2) is 0 Å².